The van der Waals surface area contributed by atoms with Crippen molar-refractivity contribution in [1.29, 1.82) is 0 Å². The van der Waals surface area contributed by atoms with Gasteiger partial charge in [-0.25, -0.2) is 0 Å². The molecule has 0 aromatic heterocycles. The van der Waals surface area contributed by atoms with Crippen LogP contribution in [0.15, 0.2) is 0 Å². The molecule has 0 radical (unpaired) electrons. The van der Waals surface area contributed by atoms with E-state index in [0.29, 0.717) is 0 Å². The maximum atomic E-state index is 8.58. The summed E-state index contributed by atoms with van der Waals surface area (Å²) >= 11 is -7.52. The van der Waals surface area contributed by atoms with E-state index in [-0.39, 0.29) is 20.3 Å². The zero-order valence-corrected chi connectivity index (χ0v) is 23.4. The molecule has 0 aliphatic carbocycles. The molecule has 0 heterocycles. The van der Waals surface area contributed by atoms with Crippen LogP contribution < -0.4 is 48.2 Å². The summed E-state index contributed by atoms with van der Waals surface area (Å²) in [6.45, 7) is 0. The van der Waals surface area contributed by atoms with Gasteiger partial charge in [-0.1, -0.05) is 0 Å². The van der Waals surface area contributed by atoms with E-state index in [9.17, 15) is 0 Å². The third-order valence-corrected chi connectivity index (χ3v) is 0. The van der Waals surface area contributed by atoms with E-state index >= 15 is 0 Å². The molecule has 0 spiro atoms. The van der Waals surface area contributed by atoms with Crippen molar-refractivity contribution in [2.45, 2.75) is 0 Å². The second-order valence-corrected chi connectivity index (χ2v) is 5.02. The van der Waals surface area contributed by atoms with Gasteiger partial charge in [0.05, 0.1) is 0 Å². The fourth-order valence-corrected chi connectivity index (χ4v) is 0. The number of phosphoric acid groups is 2. The molecule has 0 saturated heterocycles. The first-order valence-electron chi connectivity index (χ1n) is 2.69. The molecule has 0 aromatic rings. The summed E-state index contributed by atoms with van der Waals surface area (Å²) in [4.78, 5) is 51.3. The summed E-state index contributed by atoms with van der Waals surface area (Å²) in [5.41, 5.74) is 0. The third kappa shape index (κ3) is 1060. The second kappa shape index (κ2) is 29.7. The number of hydrogen-bond donors (Lipinski definition) is 0. The van der Waals surface area contributed by atoms with Gasteiger partial charge in [0.15, 0.2) is 0 Å². The van der Waals surface area contributed by atoms with Gasteiger partial charge in [0.1, 0.15) is 0 Å². The SMILES string of the molecule is O=P([O-])([O-])[O-].O=P([O-])([O-])[O-].[H-].[Li+].[O]=[U+2]=[O].[O]=[U+2]=[O].[O]=[U+2]=[O]. The Morgan fingerprint density at radius 1 is 0.550 bits per heavy atom. The van der Waals surface area contributed by atoms with Crippen LogP contribution in [0.3, 0.4) is 0 Å². The van der Waals surface area contributed by atoms with E-state index < -0.39 is 99.1 Å². The van der Waals surface area contributed by atoms with Crippen LogP contribution in [-0.4, -0.2) is 0 Å². The van der Waals surface area contributed by atoms with Crippen molar-refractivity contribution in [1.82, 2.24) is 0 Å². The third-order valence-electron chi connectivity index (χ3n) is 0. The van der Waals surface area contributed by atoms with Crippen LogP contribution >= 0.6 is 15.6 Å². The predicted octanol–water partition coefficient (Wildman–Crippen LogP) is -9.25. The molecule has 0 bridgehead atoms. The molecule has 0 fully saturated rings. The first-order valence-corrected chi connectivity index (χ1v) is 15.8. The van der Waals surface area contributed by atoms with Crippen LogP contribution in [0.1, 0.15) is 1.43 Å². The fourth-order valence-electron chi connectivity index (χ4n) is 0. The first kappa shape index (κ1) is 38.4. The van der Waals surface area contributed by atoms with Gasteiger partial charge in [-0.15, -0.1) is 0 Å². The Labute approximate surface area is 168 Å². The molecule has 0 aliphatic heterocycles. The Morgan fingerprint density at radius 3 is 0.550 bits per heavy atom. The minimum atomic E-state index is -5.39. The van der Waals surface area contributed by atoms with Gasteiger partial charge >= 0.3 is 116 Å². The van der Waals surface area contributed by atoms with Gasteiger partial charge in [-0.2, -0.15) is 15.6 Å². The zero-order chi connectivity index (χ0) is 17.1. The standard InChI is InChI=1S/Li.2H3O4P.6O.3U.H/c;2*1-5(2,3)4;;;;;;;;;;/h;2*(H3,1,2,3,4);;;;;;;;;;/q+1;;;;;;;;;3*+2;-1/p-6. The normalized spacial score (nSPS) is 7.10. The molecule has 0 aromatic carbocycles. The molecular weight excluding hydrogens is 1010 g/mol. The predicted molar refractivity (Wildman–Crippen MR) is 20.4 cm³/mol. The van der Waals surface area contributed by atoms with Crippen molar-refractivity contribution < 1.29 is 156 Å². The summed E-state index contributed by atoms with van der Waals surface area (Å²) in [7, 11) is -10.8. The van der Waals surface area contributed by atoms with E-state index in [0.717, 1.165) is 0 Å². The van der Waals surface area contributed by atoms with Crippen LogP contribution in [0, 0.1) is 83.5 Å². The molecule has 0 aliphatic rings. The maximum absolute atomic E-state index is 8.58. The van der Waals surface area contributed by atoms with E-state index in [1.807, 2.05) is 0 Å². The van der Waals surface area contributed by atoms with Gasteiger partial charge < -0.3 is 39.9 Å². The van der Waals surface area contributed by atoms with Crippen LogP contribution in [0.5, 0.6) is 0 Å². The molecule has 108 valence electrons. The molecule has 0 amide bonds. The molecule has 20 heavy (non-hydrogen) atoms. The number of hydrogen-bond acceptors (Lipinski definition) is 14. The number of rotatable bonds is 0. The molecule has 0 unspecified atom stereocenters. The second-order valence-electron chi connectivity index (χ2n) is 1.14. The molecule has 0 atom stereocenters. The van der Waals surface area contributed by atoms with Gasteiger partial charge in [0, 0.05) is 0 Å². The van der Waals surface area contributed by atoms with Crippen LogP contribution in [0.4, 0.5) is 0 Å². The summed E-state index contributed by atoms with van der Waals surface area (Å²) < 4.78 is 68.6. The van der Waals surface area contributed by atoms with Gasteiger partial charge in [0.25, 0.3) is 0 Å². The molecular formula is HLiO14P2U3. The summed E-state index contributed by atoms with van der Waals surface area (Å²) in [5, 5.41) is 0. The van der Waals surface area contributed by atoms with Crippen molar-refractivity contribution in [3.05, 3.63) is 0 Å². The average molecular weight is 1010 g/mol. The molecule has 0 saturated carbocycles. The zero-order valence-electron chi connectivity index (χ0n) is 10.1. The van der Waals surface area contributed by atoms with Crippen molar-refractivity contribution in [3.63, 3.8) is 0 Å². The first-order chi connectivity index (χ1) is 8.24. The summed E-state index contributed by atoms with van der Waals surface area (Å²) in [6.07, 6.45) is 0. The Morgan fingerprint density at radius 2 is 0.550 bits per heavy atom. The summed E-state index contributed by atoms with van der Waals surface area (Å²) in [6, 6.07) is 0. The molecule has 14 nitrogen and oxygen atoms in total. The monoisotopic (exact) mass is 1010 g/mol. The quantitative estimate of drug-likeness (QED) is 0.161. The van der Waals surface area contributed by atoms with Crippen molar-refractivity contribution >= 4 is 15.6 Å². The topological polar surface area (TPSA) is 275 Å². The van der Waals surface area contributed by atoms with E-state index in [1.165, 1.54) is 0 Å². The van der Waals surface area contributed by atoms with Crippen molar-refractivity contribution in [2.75, 3.05) is 0 Å². The Kier molecular flexibility index (Phi) is 57.1. The van der Waals surface area contributed by atoms with E-state index in [2.05, 4.69) is 0 Å². The van der Waals surface area contributed by atoms with E-state index in [4.69, 9.17) is 51.9 Å². The minimum absolute atomic E-state index is 0. The van der Waals surface area contributed by atoms with Crippen LogP contribution in [0.2, 0.25) is 0 Å². The van der Waals surface area contributed by atoms with Gasteiger partial charge in [-0.3, -0.25) is 0 Å². The molecule has 0 N–H and O–H groups in total. The van der Waals surface area contributed by atoms with Gasteiger partial charge in [-0.05, 0) is 0 Å². The Bertz CT molecular complexity index is 312. The van der Waals surface area contributed by atoms with Crippen LogP contribution in [-0.2, 0) is 22.5 Å². The Balaban J connectivity index is -0.0000000233. The van der Waals surface area contributed by atoms with Gasteiger partial charge in [0.2, 0.25) is 0 Å². The Hall–Kier alpha value is 2.77. The van der Waals surface area contributed by atoms with Crippen LogP contribution in [0.25, 0.3) is 0 Å². The average Bonchev–Trinajstić information content (AvgIpc) is 1.99. The van der Waals surface area contributed by atoms with Crippen molar-refractivity contribution in [3.8, 4) is 0 Å². The summed E-state index contributed by atoms with van der Waals surface area (Å²) in [5.74, 6) is 0. The fraction of sp³-hybridized carbons (Fsp3) is 0. The molecule has 20 heteroatoms. The molecule has 0 rings (SSSR count). The van der Waals surface area contributed by atoms with Crippen molar-refractivity contribution in [2.24, 2.45) is 0 Å². The van der Waals surface area contributed by atoms with E-state index in [1.54, 1.807) is 0 Å².